The maximum absolute atomic E-state index is 13.5. The lowest BCUT2D eigenvalue weighted by atomic mass is 9.95. The molecule has 0 saturated carbocycles. The summed E-state index contributed by atoms with van der Waals surface area (Å²) in [5.41, 5.74) is 2.41. The molecule has 202 valence electrons. The molecule has 40 heavy (non-hydrogen) atoms. The van der Waals surface area contributed by atoms with Crippen LogP contribution in [0.1, 0.15) is 35.4 Å². The molecule has 5 rings (SSSR count). The van der Waals surface area contributed by atoms with Crippen LogP contribution in [0.15, 0.2) is 119 Å². The average Bonchev–Trinajstić information content (AvgIpc) is 3.59. The molecule has 7 nitrogen and oxygen atoms in total. The third kappa shape index (κ3) is 5.83. The molecule has 3 aromatic carbocycles. The molecular formula is C33H29NO6. The van der Waals surface area contributed by atoms with Crippen molar-refractivity contribution in [2.45, 2.75) is 26.1 Å². The predicted octanol–water partition coefficient (Wildman–Crippen LogP) is 6.44. The van der Waals surface area contributed by atoms with E-state index in [0.29, 0.717) is 36.0 Å². The maximum atomic E-state index is 13.5. The zero-order valence-corrected chi connectivity index (χ0v) is 22.0. The highest BCUT2D eigenvalue weighted by molar-refractivity contribution is 6.14. The number of nitrogens with zero attached hydrogens (tertiary/aromatic N) is 1. The molecule has 1 unspecified atom stereocenters. The fourth-order valence-corrected chi connectivity index (χ4v) is 4.63. The van der Waals surface area contributed by atoms with Crippen LogP contribution in [-0.4, -0.2) is 28.3 Å². The number of aliphatic hydroxyl groups is 1. The van der Waals surface area contributed by atoms with E-state index in [9.17, 15) is 14.7 Å². The minimum absolute atomic E-state index is 0.0101. The van der Waals surface area contributed by atoms with Crippen molar-refractivity contribution in [2.75, 3.05) is 6.61 Å². The summed E-state index contributed by atoms with van der Waals surface area (Å²) < 4.78 is 17.4. The fraction of sp³-hybridized carbons (Fsp3) is 0.152. The van der Waals surface area contributed by atoms with Crippen molar-refractivity contribution in [1.29, 1.82) is 0 Å². The third-order valence-corrected chi connectivity index (χ3v) is 6.52. The van der Waals surface area contributed by atoms with Crippen molar-refractivity contribution in [2.24, 2.45) is 0 Å². The van der Waals surface area contributed by atoms with Crippen molar-refractivity contribution < 1.29 is 28.6 Å². The normalized spacial score (nSPS) is 15.2. The van der Waals surface area contributed by atoms with Gasteiger partial charge in [0, 0.05) is 0 Å². The van der Waals surface area contributed by atoms with Gasteiger partial charge in [0.2, 0.25) is 0 Å². The van der Waals surface area contributed by atoms with Crippen LogP contribution in [0.25, 0.3) is 6.08 Å². The van der Waals surface area contributed by atoms with Crippen LogP contribution in [0.3, 0.4) is 0 Å². The summed E-state index contributed by atoms with van der Waals surface area (Å²) in [6.45, 7) is 2.67. The molecule has 0 saturated heterocycles. The second-order valence-electron chi connectivity index (χ2n) is 9.20. The van der Waals surface area contributed by atoms with Crippen LogP contribution in [0.4, 0.5) is 0 Å². The van der Waals surface area contributed by atoms with Gasteiger partial charge >= 0.3 is 0 Å². The van der Waals surface area contributed by atoms with E-state index in [-0.39, 0.29) is 12.1 Å². The molecule has 0 aliphatic carbocycles. The summed E-state index contributed by atoms with van der Waals surface area (Å²) in [5.74, 6) is -0.181. The average molecular weight is 536 g/mol. The van der Waals surface area contributed by atoms with Gasteiger partial charge in [0.15, 0.2) is 23.0 Å². The first kappa shape index (κ1) is 26.6. The highest BCUT2D eigenvalue weighted by Crippen LogP contribution is 2.42. The van der Waals surface area contributed by atoms with E-state index in [1.807, 2.05) is 67.6 Å². The van der Waals surface area contributed by atoms with Crippen molar-refractivity contribution in [1.82, 2.24) is 4.90 Å². The number of rotatable bonds is 11. The van der Waals surface area contributed by atoms with Crippen molar-refractivity contribution in [3.63, 3.8) is 0 Å². The Balaban J connectivity index is 1.50. The number of aliphatic hydroxyl groups excluding tert-OH is 1. The Morgan fingerprint density at radius 1 is 0.950 bits per heavy atom. The van der Waals surface area contributed by atoms with Crippen LogP contribution in [0, 0.1) is 0 Å². The first-order valence-electron chi connectivity index (χ1n) is 13.0. The van der Waals surface area contributed by atoms with Gasteiger partial charge in [0.05, 0.1) is 31.0 Å². The first-order chi connectivity index (χ1) is 19.5. The molecule has 1 aliphatic rings. The monoisotopic (exact) mass is 535 g/mol. The lowest BCUT2D eigenvalue weighted by Gasteiger charge is -2.26. The number of ether oxygens (including phenoxy) is 2. The second-order valence-corrected chi connectivity index (χ2v) is 9.20. The van der Waals surface area contributed by atoms with Gasteiger partial charge < -0.3 is 23.9 Å². The first-order valence-corrected chi connectivity index (χ1v) is 13.0. The van der Waals surface area contributed by atoms with Crippen molar-refractivity contribution in [3.8, 4) is 11.5 Å². The zero-order chi connectivity index (χ0) is 27.9. The van der Waals surface area contributed by atoms with Gasteiger partial charge in [-0.15, -0.1) is 0 Å². The Kier molecular flexibility index (Phi) is 8.11. The highest BCUT2D eigenvalue weighted by atomic mass is 16.5. The van der Waals surface area contributed by atoms with Gasteiger partial charge in [-0.1, -0.05) is 72.8 Å². The summed E-state index contributed by atoms with van der Waals surface area (Å²) in [5, 5.41) is 10.9. The summed E-state index contributed by atoms with van der Waals surface area (Å²) in [4.78, 5) is 28.2. The van der Waals surface area contributed by atoms with E-state index in [4.69, 9.17) is 13.9 Å². The molecular weight excluding hydrogens is 506 g/mol. The van der Waals surface area contributed by atoms with Gasteiger partial charge in [-0.25, -0.2) is 0 Å². The van der Waals surface area contributed by atoms with E-state index >= 15 is 0 Å². The molecule has 1 aliphatic heterocycles. The maximum Gasteiger partial charge on any atom is 0.290 e. The zero-order valence-electron chi connectivity index (χ0n) is 22.0. The topological polar surface area (TPSA) is 89.2 Å². The van der Waals surface area contributed by atoms with Gasteiger partial charge in [0.1, 0.15) is 12.4 Å². The van der Waals surface area contributed by atoms with Gasteiger partial charge in [0.25, 0.3) is 5.91 Å². The van der Waals surface area contributed by atoms with Crippen molar-refractivity contribution >= 4 is 17.8 Å². The number of carbonyl (C=O) groups is 2. The molecule has 1 N–H and O–H groups in total. The molecule has 1 amide bonds. The Morgan fingerprint density at radius 2 is 1.70 bits per heavy atom. The quantitative estimate of drug-likeness (QED) is 0.223. The van der Waals surface area contributed by atoms with Crippen LogP contribution in [-0.2, 0) is 22.7 Å². The molecule has 0 bridgehead atoms. The predicted molar refractivity (Wildman–Crippen MR) is 151 cm³/mol. The van der Waals surface area contributed by atoms with E-state index in [1.54, 1.807) is 36.4 Å². The Hall–Kier alpha value is -5.04. The molecule has 0 spiro atoms. The van der Waals surface area contributed by atoms with E-state index < -0.39 is 23.5 Å². The molecule has 0 fully saturated rings. The molecule has 7 heteroatoms. The van der Waals surface area contributed by atoms with Crippen LogP contribution < -0.4 is 9.47 Å². The molecule has 0 radical (unpaired) electrons. The summed E-state index contributed by atoms with van der Waals surface area (Å²) in [7, 11) is 0. The smallest absolute Gasteiger partial charge is 0.290 e. The number of ketones is 1. The number of hydrogen-bond donors (Lipinski definition) is 1. The Morgan fingerprint density at radius 3 is 2.40 bits per heavy atom. The van der Waals surface area contributed by atoms with Gasteiger partial charge in [-0.3, -0.25) is 9.59 Å². The van der Waals surface area contributed by atoms with Crippen LogP contribution >= 0.6 is 0 Å². The standard InChI is InChI=1S/C33H29NO6/c1-2-38-29-20-25(16-18-28(29)40-22-24-12-7-4-8-13-24)31-30(27(35)17-15-23-10-5-3-6-11-23)32(36)33(37)34(31)21-26-14-9-19-39-26/h3-20,31,36H,2,21-22H2,1H3. The Bertz CT molecular complexity index is 1520. The van der Waals surface area contributed by atoms with Crippen LogP contribution in [0.2, 0.25) is 0 Å². The number of carbonyl (C=O) groups excluding carboxylic acids is 2. The van der Waals surface area contributed by atoms with Gasteiger partial charge in [-0.2, -0.15) is 0 Å². The Labute approximate surface area is 232 Å². The summed E-state index contributed by atoms with van der Waals surface area (Å²) >= 11 is 0. The fourth-order valence-electron chi connectivity index (χ4n) is 4.63. The lowest BCUT2D eigenvalue weighted by molar-refractivity contribution is -0.130. The van der Waals surface area contributed by atoms with Crippen molar-refractivity contribution in [3.05, 3.63) is 137 Å². The SMILES string of the molecule is CCOc1cc(C2C(C(=O)C=Cc3ccccc3)=C(O)C(=O)N2Cc2ccco2)ccc1OCc1ccccc1. The number of benzene rings is 3. The summed E-state index contributed by atoms with van der Waals surface area (Å²) in [6, 6.07) is 27.0. The number of hydrogen-bond acceptors (Lipinski definition) is 6. The second kappa shape index (κ2) is 12.2. The minimum atomic E-state index is -0.868. The van der Waals surface area contributed by atoms with E-state index in [1.165, 1.54) is 17.2 Å². The molecule has 1 atom stereocenters. The minimum Gasteiger partial charge on any atom is -0.503 e. The highest BCUT2D eigenvalue weighted by Gasteiger charge is 2.43. The van der Waals surface area contributed by atoms with Crippen LogP contribution in [0.5, 0.6) is 11.5 Å². The third-order valence-electron chi connectivity index (χ3n) is 6.52. The largest absolute Gasteiger partial charge is 0.503 e. The number of furan rings is 1. The molecule has 2 heterocycles. The van der Waals surface area contributed by atoms with E-state index in [2.05, 4.69) is 0 Å². The lowest BCUT2D eigenvalue weighted by Crippen LogP contribution is -2.30. The number of allylic oxidation sites excluding steroid dienone is 1. The summed E-state index contributed by atoms with van der Waals surface area (Å²) in [6.07, 6.45) is 4.54. The number of amides is 1. The van der Waals surface area contributed by atoms with E-state index in [0.717, 1.165) is 11.1 Å². The molecule has 4 aromatic rings. The van der Waals surface area contributed by atoms with Gasteiger partial charge in [-0.05, 0) is 54.0 Å². The molecule has 1 aromatic heterocycles.